The summed E-state index contributed by atoms with van der Waals surface area (Å²) in [7, 11) is 0. The third kappa shape index (κ3) is 4.05. The van der Waals surface area contributed by atoms with Gasteiger partial charge in [-0.25, -0.2) is 4.39 Å². The fourth-order valence-corrected chi connectivity index (χ4v) is 3.05. The lowest BCUT2D eigenvalue weighted by molar-refractivity contribution is -0.392. The van der Waals surface area contributed by atoms with Gasteiger partial charge in [-0.2, -0.15) is 0 Å². The van der Waals surface area contributed by atoms with E-state index in [4.69, 9.17) is 0 Å². The van der Waals surface area contributed by atoms with Crippen LogP contribution in [-0.4, -0.2) is 56.6 Å². The standard InChI is InChI=1S/C17H20FN5O3/c1-13-10-16(23(25)26)22(19-13)12-17(24)21-8-6-20(7-9-21)11-14-4-2-3-5-15(14)18/h2-5,10H,6-9,11-12H2,1H3. The molecule has 0 unspecified atom stereocenters. The van der Waals surface area contributed by atoms with E-state index in [9.17, 15) is 19.3 Å². The lowest BCUT2D eigenvalue weighted by Gasteiger charge is -2.34. The molecular formula is C17H20FN5O3. The van der Waals surface area contributed by atoms with Crippen molar-refractivity contribution in [1.29, 1.82) is 0 Å². The fourth-order valence-electron chi connectivity index (χ4n) is 3.05. The number of aryl methyl sites for hydroxylation is 1. The maximum Gasteiger partial charge on any atom is 0.345 e. The number of nitro groups is 1. The molecule has 1 fully saturated rings. The molecule has 0 bridgehead atoms. The predicted octanol–water partition coefficient (Wildman–Crippen LogP) is 1.58. The maximum atomic E-state index is 13.7. The molecule has 0 N–H and O–H groups in total. The summed E-state index contributed by atoms with van der Waals surface area (Å²) >= 11 is 0. The zero-order chi connectivity index (χ0) is 18.7. The van der Waals surface area contributed by atoms with E-state index in [2.05, 4.69) is 10.00 Å². The zero-order valence-corrected chi connectivity index (χ0v) is 14.5. The van der Waals surface area contributed by atoms with Crippen LogP contribution in [0.5, 0.6) is 0 Å². The van der Waals surface area contributed by atoms with Crippen molar-refractivity contribution in [3.8, 4) is 0 Å². The van der Waals surface area contributed by atoms with Crippen LogP contribution in [0.2, 0.25) is 0 Å². The first-order valence-electron chi connectivity index (χ1n) is 8.36. The van der Waals surface area contributed by atoms with Crippen molar-refractivity contribution in [2.24, 2.45) is 0 Å². The van der Waals surface area contributed by atoms with Gasteiger partial charge in [0.25, 0.3) is 5.91 Å². The number of halogens is 1. The van der Waals surface area contributed by atoms with Crippen LogP contribution in [0.3, 0.4) is 0 Å². The van der Waals surface area contributed by atoms with Gasteiger partial charge in [-0.3, -0.25) is 9.69 Å². The second kappa shape index (κ2) is 7.61. The minimum Gasteiger partial charge on any atom is -0.358 e. The molecule has 2 aromatic rings. The topological polar surface area (TPSA) is 84.5 Å². The summed E-state index contributed by atoms with van der Waals surface area (Å²) in [5.74, 6) is -0.622. The van der Waals surface area contributed by atoms with Crippen molar-refractivity contribution in [1.82, 2.24) is 19.6 Å². The molecule has 138 valence electrons. The van der Waals surface area contributed by atoms with Gasteiger partial charge < -0.3 is 15.0 Å². The second-order valence-corrected chi connectivity index (χ2v) is 6.31. The number of carbonyl (C=O) groups is 1. The molecule has 8 nitrogen and oxygen atoms in total. The molecule has 3 rings (SSSR count). The van der Waals surface area contributed by atoms with Crippen LogP contribution in [0.1, 0.15) is 11.3 Å². The Kier molecular flexibility index (Phi) is 5.27. The maximum absolute atomic E-state index is 13.7. The van der Waals surface area contributed by atoms with Crippen LogP contribution < -0.4 is 0 Å². The molecule has 1 saturated heterocycles. The summed E-state index contributed by atoms with van der Waals surface area (Å²) in [4.78, 5) is 26.7. The van der Waals surface area contributed by atoms with Gasteiger partial charge in [0.05, 0.1) is 11.8 Å². The van der Waals surface area contributed by atoms with Gasteiger partial charge in [0, 0.05) is 38.3 Å². The average Bonchev–Trinajstić information content (AvgIpc) is 2.98. The predicted molar refractivity (Wildman–Crippen MR) is 91.9 cm³/mol. The molecule has 0 aliphatic carbocycles. The van der Waals surface area contributed by atoms with Crippen molar-refractivity contribution in [3.05, 3.63) is 57.5 Å². The average molecular weight is 361 g/mol. The number of rotatable bonds is 5. The number of nitrogens with zero attached hydrogens (tertiary/aromatic N) is 5. The molecule has 2 heterocycles. The Labute approximate surface area is 150 Å². The molecule has 1 amide bonds. The first kappa shape index (κ1) is 18.0. The number of carbonyl (C=O) groups excluding carboxylic acids is 1. The summed E-state index contributed by atoms with van der Waals surface area (Å²) in [5.41, 5.74) is 1.13. The van der Waals surface area contributed by atoms with Gasteiger partial charge in [0.2, 0.25) is 0 Å². The van der Waals surface area contributed by atoms with Gasteiger partial charge >= 0.3 is 5.82 Å². The third-order valence-corrected chi connectivity index (χ3v) is 4.43. The van der Waals surface area contributed by atoms with E-state index in [1.54, 1.807) is 30.0 Å². The number of amides is 1. The normalized spacial score (nSPS) is 15.2. The Bertz CT molecular complexity index is 814. The van der Waals surface area contributed by atoms with Gasteiger partial charge in [0.1, 0.15) is 5.82 Å². The largest absolute Gasteiger partial charge is 0.358 e. The van der Waals surface area contributed by atoms with Gasteiger partial charge in [-0.1, -0.05) is 23.3 Å². The molecule has 0 saturated carbocycles. The lowest BCUT2D eigenvalue weighted by atomic mass is 10.2. The smallest absolute Gasteiger partial charge is 0.345 e. The molecule has 1 aliphatic rings. The van der Waals surface area contributed by atoms with E-state index in [0.717, 1.165) is 4.68 Å². The van der Waals surface area contributed by atoms with Crippen molar-refractivity contribution in [2.45, 2.75) is 20.0 Å². The molecule has 9 heteroatoms. The van der Waals surface area contributed by atoms with Crippen molar-refractivity contribution >= 4 is 11.7 Å². The number of aromatic nitrogens is 2. The monoisotopic (exact) mass is 361 g/mol. The highest BCUT2D eigenvalue weighted by Gasteiger charge is 2.26. The van der Waals surface area contributed by atoms with Crippen LogP contribution in [0, 0.1) is 22.9 Å². The molecule has 1 aromatic heterocycles. The lowest BCUT2D eigenvalue weighted by Crippen LogP contribution is -2.49. The Balaban J connectivity index is 1.56. The van der Waals surface area contributed by atoms with Crippen LogP contribution in [-0.2, 0) is 17.9 Å². The minimum atomic E-state index is -0.542. The number of hydrogen-bond acceptors (Lipinski definition) is 5. The fraction of sp³-hybridized carbons (Fsp3) is 0.412. The van der Waals surface area contributed by atoms with E-state index in [1.165, 1.54) is 12.1 Å². The highest BCUT2D eigenvalue weighted by atomic mass is 19.1. The van der Waals surface area contributed by atoms with Crippen molar-refractivity contribution in [2.75, 3.05) is 26.2 Å². The van der Waals surface area contributed by atoms with Crippen molar-refractivity contribution in [3.63, 3.8) is 0 Å². The molecule has 1 aliphatic heterocycles. The second-order valence-electron chi connectivity index (χ2n) is 6.31. The summed E-state index contributed by atoms with van der Waals surface area (Å²) in [6, 6.07) is 8.00. The minimum absolute atomic E-state index is 0.155. The van der Waals surface area contributed by atoms with Gasteiger partial charge in [-0.15, -0.1) is 4.68 Å². The Morgan fingerprint density at radius 2 is 1.96 bits per heavy atom. The van der Waals surface area contributed by atoms with E-state index < -0.39 is 4.92 Å². The van der Waals surface area contributed by atoms with Gasteiger partial charge in [0.15, 0.2) is 6.54 Å². The summed E-state index contributed by atoms with van der Waals surface area (Å²) in [6.07, 6.45) is 0. The molecule has 1 aromatic carbocycles. The first-order valence-corrected chi connectivity index (χ1v) is 8.36. The summed E-state index contributed by atoms with van der Waals surface area (Å²) < 4.78 is 14.9. The van der Waals surface area contributed by atoms with E-state index in [1.807, 2.05) is 0 Å². The Hall–Kier alpha value is -2.81. The number of piperazine rings is 1. The molecule has 0 atom stereocenters. The van der Waals surface area contributed by atoms with E-state index in [0.29, 0.717) is 44.0 Å². The molecule has 0 radical (unpaired) electrons. The highest BCUT2D eigenvalue weighted by molar-refractivity contribution is 5.76. The van der Waals surface area contributed by atoms with Crippen LogP contribution in [0.25, 0.3) is 0 Å². The highest BCUT2D eigenvalue weighted by Crippen LogP contribution is 2.15. The van der Waals surface area contributed by atoms with E-state index >= 15 is 0 Å². The zero-order valence-electron chi connectivity index (χ0n) is 14.5. The molecule has 0 spiro atoms. The van der Waals surface area contributed by atoms with Gasteiger partial charge in [-0.05, 0) is 17.9 Å². The first-order chi connectivity index (χ1) is 12.4. The molecular weight excluding hydrogens is 341 g/mol. The van der Waals surface area contributed by atoms with E-state index in [-0.39, 0.29) is 24.1 Å². The van der Waals surface area contributed by atoms with Crippen LogP contribution in [0.4, 0.5) is 10.2 Å². The summed E-state index contributed by atoms with van der Waals surface area (Å²) in [5, 5.41) is 15.0. The summed E-state index contributed by atoms with van der Waals surface area (Å²) in [6.45, 7) is 4.24. The Morgan fingerprint density at radius 1 is 1.27 bits per heavy atom. The Morgan fingerprint density at radius 3 is 2.62 bits per heavy atom. The third-order valence-electron chi connectivity index (χ3n) is 4.43. The number of benzene rings is 1. The molecule has 26 heavy (non-hydrogen) atoms. The SMILES string of the molecule is Cc1cc([N+](=O)[O-])n(CC(=O)N2CCN(Cc3ccccc3F)CC2)n1. The van der Waals surface area contributed by atoms with Crippen LogP contribution in [0.15, 0.2) is 30.3 Å². The quantitative estimate of drug-likeness (QED) is 0.596. The van der Waals surface area contributed by atoms with Crippen molar-refractivity contribution < 1.29 is 14.1 Å². The number of hydrogen-bond donors (Lipinski definition) is 0. The van der Waals surface area contributed by atoms with Crippen LogP contribution >= 0.6 is 0 Å².